The first-order valence-electron chi connectivity index (χ1n) is 3.99. The summed E-state index contributed by atoms with van der Waals surface area (Å²) in [5, 5.41) is 6.84. The van der Waals surface area contributed by atoms with Gasteiger partial charge in [-0.25, -0.2) is 18.5 Å². The maximum atomic E-state index is 11.0. The van der Waals surface area contributed by atoms with Crippen LogP contribution in [0.1, 0.15) is 5.56 Å². The highest BCUT2D eigenvalue weighted by Crippen LogP contribution is 2.20. The maximum Gasteiger partial charge on any atom is 0.233 e. The molecule has 1 aromatic heterocycles. The Balaban J connectivity index is 2.40. The highest BCUT2D eigenvalue weighted by molar-refractivity contribution is 7.90. The molecular formula is C8H9N3O2S. The number of fused-ring (bicyclic) bond motifs is 1. The number of aromatic nitrogens is 1. The van der Waals surface area contributed by atoms with Crippen molar-refractivity contribution in [2.75, 3.05) is 5.32 Å². The van der Waals surface area contributed by atoms with E-state index in [1.165, 1.54) is 6.08 Å². The number of hydrogen-bond donors (Lipinski definition) is 2. The van der Waals surface area contributed by atoms with Gasteiger partial charge >= 0.3 is 0 Å². The van der Waals surface area contributed by atoms with E-state index in [1.807, 2.05) is 6.07 Å². The maximum absolute atomic E-state index is 11.0. The number of pyridine rings is 1. The quantitative estimate of drug-likeness (QED) is 0.691. The molecule has 2 rings (SSSR count). The van der Waals surface area contributed by atoms with Crippen molar-refractivity contribution in [3.8, 4) is 0 Å². The van der Waals surface area contributed by atoms with Gasteiger partial charge in [-0.1, -0.05) is 6.08 Å². The van der Waals surface area contributed by atoms with Gasteiger partial charge in [0.15, 0.2) is 5.37 Å². The van der Waals surface area contributed by atoms with Crippen LogP contribution in [0, 0.1) is 0 Å². The second kappa shape index (κ2) is 3.07. The predicted molar refractivity (Wildman–Crippen MR) is 53.8 cm³/mol. The van der Waals surface area contributed by atoms with E-state index in [1.54, 1.807) is 18.3 Å². The van der Waals surface area contributed by atoms with Crippen LogP contribution >= 0.6 is 0 Å². The molecule has 6 heteroatoms. The number of nitrogens with one attached hydrogen (secondary N) is 1. The van der Waals surface area contributed by atoms with Gasteiger partial charge in [0.1, 0.15) is 5.82 Å². The van der Waals surface area contributed by atoms with Gasteiger partial charge in [-0.05, 0) is 18.2 Å². The van der Waals surface area contributed by atoms with Crippen molar-refractivity contribution in [3.05, 3.63) is 30.0 Å². The third-order valence-corrected chi connectivity index (χ3v) is 2.91. The lowest BCUT2D eigenvalue weighted by Crippen LogP contribution is -2.35. The topological polar surface area (TPSA) is 85.1 Å². The van der Waals surface area contributed by atoms with Crippen molar-refractivity contribution in [1.29, 1.82) is 0 Å². The van der Waals surface area contributed by atoms with Gasteiger partial charge < -0.3 is 5.32 Å². The molecule has 0 amide bonds. The summed E-state index contributed by atoms with van der Waals surface area (Å²) in [6, 6.07) is 3.62. The molecule has 1 unspecified atom stereocenters. The van der Waals surface area contributed by atoms with Gasteiger partial charge in [0.25, 0.3) is 0 Å². The number of hydrogen-bond acceptors (Lipinski definition) is 4. The Morgan fingerprint density at radius 2 is 2.29 bits per heavy atom. The van der Waals surface area contributed by atoms with Crippen LogP contribution in [0.3, 0.4) is 0 Å². The first-order chi connectivity index (χ1) is 6.57. The van der Waals surface area contributed by atoms with E-state index in [2.05, 4.69) is 10.3 Å². The van der Waals surface area contributed by atoms with E-state index in [0.29, 0.717) is 5.82 Å². The highest BCUT2D eigenvalue weighted by atomic mass is 32.2. The molecule has 0 aliphatic carbocycles. The Bertz CT molecular complexity index is 481. The molecule has 1 aliphatic heterocycles. The average molecular weight is 211 g/mol. The molecular weight excluding hydrogens is 202 g/mol. The molecule has 5 nitrogen and oxygen atoms in total. The minimum atomic E-state index is -3.61. The van der Waals surface area contributed by atoms with Gasteiger partial charge in [0, 0.05) is 11.8 Å². The average Bonchev–Trinajstić information content (AvgIpc) is 2.16. The summed E-state index contributed by atoms with van der Waals surface area (Å²) in [5.41, 5.74) is 0.854. The Labute approximate surface area is 81.7 Å². The fraction of sp³-hybridized carbons (Fsp3) is 0.125. The molecule has 0 fully saturated rings. The summed E-state index contributed by atoms with van der Waals surface area (Å²) in [7, 11) is -3.61. The highest BCUT2D eigenvalue weighted by Gasteiger charge is 2.22. The van der Waals surface area contributed by atoms with Crippen LogP contribution < -0.4 is 10.5 Å². The Morgan fingerprint density at radius 1 is 1.50 bits per heavy atom. The van der Waals surface area contributed by atoms with Crippen molar-refractivity contribution >= 4 is 21.9 Å². The Hall–Kier alpha value is -1.40. The molecule has 1 atom stereocenters. The molecule has 0 spiro atoms. The molecule has 74 valence electrons. The first kappa shape index (κ1) is 9.17. The Kier molecular flexibility index (Phi) is 2.01. The summed E-state index contributed by atoms with van der Waals surface area (Å²) < 4.78 is 22.1. The van der Waals surface area contributed by atoms with Crippen molar-refractivity contribution in [2.45, 2.75) is 5.37 Å². The zero-order chi connectivity index (χ0) is 10.2. The molecule has 1 aliphatic rings. The standard InChI is InChI=1S/C8H9N3O2S/c9-14(12,13)7-4-3-6-2-1-5-10-8(6)11-7/h1-5,7H,(H,10,11)(H2,9,12,13). The van der Waals surface area contributed by atoms with E-state index >= 15 is 0 Å². The number of nitrogens with zero attached hydrogens (tertiary/aromatic N) is 1. The summed E-state index contributed by atoms with van der Waals surface area (Å²) in [6.07, 6.45) is 4.78. The van der Waals surface area contributed by atoms with Crippen LogP contribution in [0.5, 0.6) is 0 Å². The lowest BCUT2D eigenvalue weighted by atomic mass is 10.2. The lowest BCUT2D eigenvalue weighted by molar-refractivity contribution is 0.593. The SMILES string of the molecule is NS(=O)(=O)C1C=Cc2cccnc2N1. The van der Waals surface area contributed by atoms with Crippen LogP contribution in [0.2, 0.25) is 0 Å². The second-order valence-electron chi connectivity index (χ2n) is 2.95. The number of nitrogens with two attached hydrogens (primary N) is 1. The van der Waals surface area contributed by atoms with Crippen LogP contribution in [0.15, 0.2) is 24.4 Å². The van der Waals surface area contributed by atoms with Crippen LogP contribution in [0.4, 0.5) is 5.82 Å². The third-order valence-electron chi connectivity index (χ3n) is 1.92. The summed E-state index contributed by atoms with van der Waals surface area (Å²) >= 11 is 0. The van der Waals surface area contributed by atoms with Gasteiger partial charge in [0.05, 0.1) is 0 Å². The lowest BCUT2D eigenvalue weighted by Gasteiger charge is -2.18. The third kappa shape index (κ3) is 1.61. The van der Waals surface area contributed by atoms with Crippen LogP contribution in [-0.4, -0.2) is 18.8 Å². The van der Waals surface area contributed by atoms with E-state index in [9.17, 15) is 8.42 Å². The van der Waals surface area contributed by atoms with Crippen molar-refractivity contribution < 1.29 is 8.42 Å². The molecule has 0 bridgehead atoms. The number of rotatable bonds is 1. The van der Waals surface area contributed by atoms with E-state index in [0.717, 1.165) is 5.56 Å². The molecule has 0 aromatic carbocycles. The number of anilines is 1. The summed E-state index contributed by atoms with van der Waals surface area (Å²) in [4.78, 5) is 4.00. The van der Waals surface area contributed by atoms with Gasteiger partial charge in [-0.2, -0.15) is 0 Å². The van der Waals surface area contributed by atoms with E-state index < -0.39 is 15.4 Å². The van der Waals surface area contributed by atoms with Crippen LogP contribution in [0.25, 0.3) is 6.08 Å². The molecule has 0 saturated carbocycles. The van der Waals surface area contributed by atoms with E-state index in [4.69, 9.17) is 5.14 Å². The molecule has 0 radical (unpaired) electrons. The minimum Gasteiger partial charge on any atom is -0.349 e. The molecule has 2 heterocycles. The largest absolute Gasteiger partial charge is 0.349 e. The second-order valence-corrected chi connectivity index (χ2v) is 4.64. The van der Waals surface area contributed by atoms with Crippen molar-refractivity contribution in [1.82, 2.24) is 4.98 Å². The molecule has 1 aromatic rings. The van der Waals surface area contributed by atoms with Gasteiger partial charge in [-0.15, -0.1) is 0 Å². The summed E-state index contributed by atoms with van der Waals surface area (Å²) in [6.45, 7) is 0. The van der Waals surface area contributed by atoms with Crippen molar-refractivity contribution in [3.63, 3.8) is 0 Å². The molecule has 14 heavy (non-hydrogen) atoms. The number of sulfonamides is 1. The normalized spacial score (nSPS) is 19.9. The zero-order valence-corrected chi connectivity index (χ0v) is 8.03. The fourth-order valence-corrected chi connectivity index (χ4v) is 1.81. The van der Waals surface area contributed by atoms with Crippen LogP contribution in [-0.2, 0) is 10.0 Å². The fourth-order valence-electron chi connectivity index (χ4n) is 1.24. The molecule has 0 saturated heterocycles. The number of primary sulfonamides is 1. The van der Waals surface area contributed by atoms with Gasteiger partial charge in [0.2, 0.25) is 10.0 Å². The van der Waals surface area contributed by atoms with Gasteiger partial charge in [-0.3, -0.25) is 0 Å². The predicted octanol–water partition coefficient (Wildman–Crippen LogP) is 0.135. The minimum absolute atomic E-state index is 0.536. The monoisotopic (exact) mass is 211 g/mol. The Morgan fingerprint density at radius 3 is 3.00 bits per heavy atom. The molecule has 3 N–H and O–H groups in total. The first-order valence-corrected chi connectivity index (χ1v) is 5.60. The van der Waals surface area contributed by atoms with E-state index in [-0.39, 0.29) is 0 Å². The smallest absolute Gasteiger partial charge is 0.233 e. The zero-order valence-electron chi connectivity index (χ0n) is 7.21. The van der Waals surface area contributed by atoms with Crippen molar-refractivity contribution in [2.24, 2.45) is 5.14 Å². The summed E-state index contributed by atoms with van der Waals surface area (Å²) in [5.74, 6) is 0.536.